The van der Waals surface area contributed by atoms with Crippen molar-refractivity contribution in [1.29, 1.82) is 0 Å². The lowest BCUT2D eigenvalue weighted by Crippen LogP contribution is -2.56. The molecule has 1 saturated heterocycles. The van der Waals surface area contributed by atoms with Crippen LogP contribution in [-0.4, -0.2) is 45.6 Å². The molecular formula is C16H18ClN7O2. The van der Waals surface area contributed by atoms with Crippen LogP contribution in [-0.2, 0) is 5.66 Å². The van der Waals surface area contributed by atoms with Crippen molar-refractivity contribution in [2.75, 3.05) is 25.5 Å². The Kier molecular flexibility index (Phi) is 4.14. The number of nitrogens with one attached hydrogen (secondary N) is 3. The number of halogens is 1. The Labute approximate surface area is 154 Å². The minimum Gasteiger partial charge on any atom is -0.336 e. The van der Waals surface area contributed by atoms with Crippen LogP contribution < -0.4 is 21.6 Å². The molecule has 0 saturated carbocycles. The molecule has 1 spiro atoms. The van der Waals surface area contributed by atoms with E-state index in [1.807, 2.05) is 12.1 Å². The molecule has 2 aromatic heterocycles. The van der Waals surface area contributed by atoms with Crippen LogP contribution in [0.15, 0.2) is 29.5 Å². The van der Waals surface area contributed by atoms with E-state index in [1.54, 1.807) is 12.3 Å². The summed E-state index contributed by atoms with van der Waals surface area (Å²) in [5.41, 5.74) is 2.51. The summed E-state index contributed by atoms with van der Waals surface area (Å²) in [6.45, 7) is 1.40. The summed E-state index contributed by atoms with van der Waals surface area (Å²) in [7, 11) is 1.85. The molecule has 2 aliphatic heterocycles. The molecule has 9 nitrogen and oxygen atoms in total. The standard InChI is InChI=1S/C16H18ClN7O2/c1-18-23-6-3-16(4-7-23)22-14(25)13-10(17)8-11(15(26)24(13)16)21-12-2-5-19-9-20-12/h2,5,8-9,18H,3-4,6-7H2,1H3,(H,22,25)(H,19,20,21). The van der Waals surface area contributed by atoms with E-state index in [-0.39, 0.29) is 27.9 Å². The largest absolute Gasteiger partial charge is 0.336 e. The number of hydrogen-bond donors (Lipinski definition) is 3. The number of hydrogen-bond acceptors (Lipinski definition) is 7. The third-order valence-corrected chi connectivity index (χ3v) is 5.18. The maximum absolute atomic E-state index is 13.2. The molecule has 0 unspecified atom stereocenters. The summed E-state index contributed by atoms with van der Waals surface area (Å²) in [6, 6.07) is 3.12. The quantitative estimate of drug-likeness (QED) is 0.724. The molecule has 2 aromatic rings. The summed E-state index contributed by atoms with van der Waals surface area (Å²) < 4.78 is 1.51. The van der Waals surface area contributed by atoms with Crippen molar-refractivity contribution in [2.45, 2.75) is 18.5 Å². The van der Waals surface area contributed by atoms with Crippen LogP contribution in [0.4, 0.5) is 11.5 Å². The van der Waals surface area contributed by atoms with Crippen LogP contribution in [0.2, 0.25) is 5.02 Å². The van der Waals surface area contributed by atoms with Crippen LogP contribution in [0.5, 0.6) is 0 Å². The lowest BCUT2D eigenvalue weighted by Gasteiger charge is -2.39. The highest BCUT2D eigenvalue weighted by atomic mass is 35.5. The van der Waals surface area contributed by atoms with E-state index in [9.17, 15) is 9.59 Å². The highest BCUT2D eigenvalue weighted by Gasteiger charge is 2.46. The third-order valence-electron chi connectivity index (χ3n) is 4.90. The predicted octanol–water partition coefficient (Wildman–Crippen LogP) is 0.662. The zero-order valence-corrected chi connectivity index (χ0v) is 14.9. The average molecular weight is 376 g/mol. The molecule has 136 valence electrons. The van der Waals surface area contributed by atoms with E-state index in [4.69, 9.17) is 11.6 Å². The van der Waals surface area contributed by atoms with Crippen LogP contribution >= 0.6 is 11.6 Å². The zero-order chi connectivity index (χ0) is 18.3. The summed E-state index contributed by atoms with van der Waals surface area (Å²) in [6.07, 6.45) is 4.15. The van der Waals surface area contributed by atoms with Gasteiger partial charge in [-0.25, -0.2) is 15.0 Å². The number of nitrogens with zero attached hydrogens (tertiary/aromatic N) is 4. The summed E-state index contributed by atoms with van der Waals surface area (Å²) in [4.78, 5) is 33.6. The van der Waals surface area contributed by atoms with Crippen molar-refractivity contribution < 1.29 is 4.79 Å². The minimum absolute atomic E-state index is 0.211. The Morgan fingerprint density at radius 2 is 2.08 bits per heavy atom. The van der Waals surface area contributed by atoms with Gasteiger partial charge in [-0.2, -0.15) is 0 Å². The lowest BCUT2D eigenvalue weighted by molar-refractivity contribution is 0.0603. The molecule has 3 N–H and O–H groups in total. The van der Waals surface area contributed by atoms with E-state index in [0.717, 1.165) is 0 Å². The second-order valence-electron chi connectivity index (χ2n) is 6.31. The number of carbonyl (C=O) groups is 1. The van der Waals surface area contributed by atoms with Gasteiger partial charge < -0.3 is 10.6 Å². The first kappa shape index (κ1) is 17.0. The van der Waals surface area contributed by atoms with Crippen molar-refractivity contribution >= 4 is 29.0 Å². The van der Waals surface area contributed by atoms with Gasteiger partial charge in [-0.05, 0) is 19.2 Å². The molecule has 10 heteroatoms. The van der Waals surface area contributed by atoms with Crippen molar-refractivity contribution in [2.24, 2.45) is 0 Å². The molecule has 1 fully saturated rings. The van der Waals surface area contributed by atoms with E-state index >= 15 is 0 Å². The van der Waals surface area contributed by atoms with Gasteiger partial charge in [0.25, 0.3) is 11.5 Å². The van der Waals surface area contributed by atoms with Crippen molar-refractivity contribution in [1.82, 2.24) is 30.3 Å². The van der Waals surface area contributed by atoms with Gasteiger partial charge in [-0.15, -0.1) is 0 Å². The van der Waals surface area contributed by atoms with Gasteiger partial charge in [0.1, 0.15) is 29.2 Å². The SMILES string of the molecule is CNN1CCC2(CC1)NC(=O)c1c(Cl)cc(Nc3ccncn3)c(=O)n12. The number of carbonyl (C=O) groups excluding carboxylic acids is 1. The van der Waals surface area contributed by atoms with Crippen LogP contribution in [0.1, 0.15) is 23.3 Å². The Morgan fingerprint density at radius 3 is 2.73 bits per heavy atom. The predicted molar refractivity (Wildman–Crippen MR) is 96.3 cm³/mol. The first-order valence-electron chi connectivity index (χ1n) is 8.28. The number of amides is 1. The highest BCUT2D eigenvalue weighted by molar-refractivity contribution is 6.34. The fraction of sp³-hybridized carbons (Fsp3) is 0.375. The minimum atomic E-state index is -0.760. The maximum atomic E-state index is 13.2. The number of rotatable bonds is 3. The second-order valence-corrected chi connectivity index (χ2v) is 6.72. The van der Waals surface area contributed by atoms with Crippen LogP contribution in [0.25, 0.3) is 0 Å². The van der Waals surface area contributed by atoms with Crippen LogP contribution in [0.3, 0.4) is 0 Å². The Hall–Kier alpha value is -2.49. The molecule has 2 aliphatic rings. The number of pyridine rings is 1. The zero-order valence-electron chi connectivity index (χ0n) is 14.1. The lowest BCUT2D eigenvalue weighted by atomic mass is 9.98. The Bertz CT molecular complexity index is 907. The number of anilines is 2. The molecule has 26 heavy (non-hydrogen) atoms. The number of hydrazine groups is 1. The first-order valence-corrected chi connectivity index (χ1v) is 8.66. The topological polar surface area (TPSA) is 104 Å². The molecule has 4 heterocycles. The van der Waals surface area contributed by atoms with Gasteiger partial charge in [0.05, 0.1) is 5.02 Å². The third kappa shape index (κ3) is 2.64. The maximum Gasteiger partial charge on any atom is 0.276 e. The molecule has 0 bridgehead atoms. The molecule has 4 rings (SSSR count). The fourth-order valence-corrected chi connectivity index (χ4v) is 3.85. The number of aromatic nitrogens is 3. The van der Waals surface area contributed by atoms with Crippen molar-refractivity contribution in [3.8, 4) is 0 Å². The second kappa shape index (κ2) is 6.35. The van der Waals surface area contributed by atoms with E-state index < -0.39 is 5.66 Å². The monoisotopic (exact) mass is 375 g/mol. The van der Waals surface area contributed by atoms with Gasteiger partial charge in [-0.1, -0.05) is 11.6 Å². The van der Waals surface area contributed by atoms with Gasteiger partial charge in [0.15, 0.2) is 0 Å². The summed E-state index contributed by atoms with van der Waals surface area (Å²) >= 11 is 6.35. The summed E-state index contributed by atoms with van der Waals surface area (Å²) in [5, 5.41) is 8.23. The van der Waals surface area contributed by atoms with Crippen LogP contribution in [0, 0.1) is 0 Å². The van der Waals surface area contributed by atoms with Crippen molar-refractivity contribution in [3.05, 3.63) is 45.7 Å². The van der Waals surface area contributed by atoms with Gasteiger partial charge in [0.2, 0.25) is 0 Å². The van der Waals surface area contributed by atoms with E-state index in [0.29, 0.717) is 31.7 Å². The molecule has 0 aliphatic carbocycles. The molecule has 1 amide bonds. The Balaban J connectivity index is 1.79. The average Bonchev–Trinajstić information content (AvgIpc) is 2.93. The molecular weight excluding hydrogens is 358 g/mol. The molecule has 0 radical (unpaired) electrons. The highest BCUT2D eigenvalue weighted by Crippen LogP contribution is 2.35. The van der Waals surface area contributed by atoms with Gasteiger partial charge in [-0.3, -0.25) is 19.6 Å². The summed E-state index contributed by atoms with van der Waals surface area (Å²) in [5.74, 6) is 0.156. The Morgan fingerprint density at radius 1 is 1.31 bits per heavy atom. The van der Waals surface area contributed by atoms with Gasteiger partial charge >= 0.3 is 0 Å². The smallest absolute Gasteiger partial charge is 0.276 e. The normalized spacial score (nSPS) is 18.6. The van der Waals surface area contributed by atoms with Crippen molar-refractivity contribution in [3.63, 3.8) is 0 Å². The first-order chi connectivity index (χ1) is 12.5. The van der Waals surface area contributed by atoms with E-state index in [2.05, 4.69) is 26.0 Å². The van der Waals surface area contributed by atoms with E-state index in [1.165, 1.54) is 17.0 Å². The molecule has 0 aromatic carbocycles. The number of piperidine rings is 1. The number of fused-ring (bicyclic) bond motifs is 2. The van der Waals surface area contributed by atoms with Gasteiger partial charge in [0, 0.05) is 32.1 Å². The fourth-order valence-electron chi connectivity index (χ4n) is 3.57. The molecule has 0 atom stereocenters.